The van der Waals surface area contributed by atoms with Gasteiger partial charge in [0.05, 0.1) is 5.52 Å². The molecule has 1 N–H and O–H groups in total. The van der Waals surface area contributed by atoms with Gasteiger partial charge in [-0.2, -0.15) is 5.10 Å². The highest BCUT2D eigenvalue weighted by molar-refractivity contribution is 5.89. The highest BCUT2D eigenvalue weighted by Crippen LogP contribution is 2.36. The Morgan fingerprint density at radius 3 is 2.83 bits per heavy atom. The first-order valence-electron chi connectivity index (χ1n) is 10.5. The number of hydrogen-bond acceptors (Lipinski definition) is 4. The van der Waals surface area contributed by atoms with Crippen molar-refractivity contribution in [3.63, 3.8) is 0 Å². The molecular formula is C24H27N5O. The molecule has 4 aromatic rings. The molecule has 1 fully saturated rings. The van der Waals surface area contributed by atoms with Gasteiger partial charge in [-0.15, -0.1) is 0 Å². The van der Waals surface area contributed by atoms with E-state index in [0.717, 1.165) is 42.0 Å². The zero-order chi connectivity index (χ0) is 20.7. The van der Waals surface area contributed by atoms with Crippen LogP contribution in [0.2, 0.25) is 0 Å². The van der Waals surface area contributed by atoms with Crippen LogP contribution >= 0.6 is 0 Å². The number of nitrogens with zero attached hydrogens (tertiary/aromatic N) is 4. The number of ether oxygens (including phenoxy) is 1. The monoisotopic (exact) mass is 401 g/mol. The molecule has 6 heteroatoms. The van der Waals surface area contributed by atoms with E-state index < -0.39 is 0 Å². The topological polar surface area (TPSA) is 59.0 Å². The Kier molecular flexibility index (Phi) is 4.79. The lowest BCUT2D eigenvalue weighted by Gasteiger charge is -2.37. The van der Waals surface area contributed by atoms with Crippen LogP contribution < -0.4 is 4.74 Å². The van der Waals surface area contributed by atoms with Gasteiger partial charge in [0.15, 0.2) is 5.82 Å². The minimum atomic E-state index is 0.109. The van der Waals surface area contributed by atoms with Crippen molar-refractivity contribution in [1.29, 1.82) is 0 Å². The summed E-state index contributed by atoms with van der Waals surface area (Å²) in [5.41, 5.74) is 4.80. The minimum Gasteiger partial charge on any atom is -0.489 e. The molecule has 0 aliphatic carbocycles. The second kappa shape index (κ2) is 7.61. The van der Waals surface area contributed by atoms with Crippen LogP contribution in [-0.4, -0.2) is 50.9 Å². The Morgan fingerprint density at radius 2 is 2.07 bits per heavy atom. The first kappa shape index (κ1) is 18.9. The first-order chi connectivity index (χ1) is 14.6. The van der Waals surface area contributed by atoms with Gasteiger partial charge >= 0.3 is 0 Å². The molecule has 1 aliphatic rings. The predicted octanol–water partition coefficient (Wildman–Crippen LogP) is 4.23. The van der Waals surface area contributed by atoms with E-state index in [9.17, 15) is 0 Å². The molecule has 5 rings (SSSR count). The SMILES string of the molecule is Cc1cc(C)c2[nH]ccc2c1O[C@@H]1CCN(C)C[C@H]1c1ccc(-n2cccn2)nc1. The minimum absolute atomic E-state index is 0.109. The van der Waals surface area contributed by atoms with Gasteiger partial charge in [0.25, 0.3) is 0 Å². The number of aromatic amines is 1. The Morgan fingerprint density at radius 1 is 1.17 bits per heavy atom. The molecule has 3 aromatic heterocycles. The number of aromatic nitrogens is 4. The number of aryl methyl sites for hydroxylation is 2. The third kappa shape index (κ3) is 3.37. The fourth-order valence-electron chi connectivity index (χ4n) is 4.58. The maximum absolute atomic E-state index is 6.74. The van der Waals surface area contributed by atoms with Gasteiger partial charge in [-0.1, -0.05) is 12.1 Å². The van der Waals surface area contributed by atoms with Crippen molar-refractivity contribution in [3.8, 4) is 11.6 Å². The largest absolute Gasteiger partial charge is 0.489 e. The molecule has 30 heavy (non-hydrogen) atoms. The van der Waals surface area contributed by atoms with Gasteiger partial charge in [-0.05, 0) is 62.2 Å². The molecule has 0 saturated carbocycles. The lowest BCUT2D eigenvalue weighted by molar-refractivity contribution is 0.0908. The smallest absolute Gasteiger partial charge is 0.153 e. The van der Waals surface area contributed by atoms with Gasteiger partial charge in [0.1, 0.15) is 11.9 Å². The molecule has 6 nitrogen and oxygen atoms in total. The third-order valence-corrected chi connectivity index (χ3v) is 6.14. The number of H-pyrrole nitrogens is 1. The molecule has 0 unspecified atom stereocenters. The van der Waals surface area contributed by atoms with Crippen molar-refractivity contribution in [2.75, 3.05) is 20.1 Å². The lowest BCUT2D eigenvalue weighted by atomic mass is 9.88. The van der Waals surface area contributed by atoms with E-state index in [1.807, 2.05) is 30.7 Å². The number of likely N-dealkylation sites (tertiary alicyclic amines) is 1. The molecule has 1 aliphatic heterocycles. The number of pyridine rings is 1. The van der Waals surface area contributed by atoms with E-state index in [1.165, 1.54) is 16.7 Å². The highest BCUT2D eigenvalue weighted by atomic mass is 16.5. The second-order valence-electron chi connectivity index (χ2n) is 8.32. The fourth-order valence-corrected chi connectivity index (χ4v) is 4.58. The number of hydrogen-bond donors (Lipinski definition) is 1. The van der Waals surface area contributed by atoms with Crippen LogP contribution in [0.15, 0.2) is 55.1 Å². The Labute approximate surface area is 176 Å². The molecule has 0 bridgehead atoms. The number of likely N-dealkylation sites (N-methyl/N-ethyl adjacent to an activating group) is 1. The van der Waals surface area contributed by atoms with E-state index in [-0.39, 0.29) is 12.0 Å². The van der Waals surface area contributed by atoms with E-state index in [1.54, 1.807) is 10.9 Å². The van der Waals surface area contributed by atoms with Crippen LogP contribution in [0, 0.1) is 13.8 Å². The van der Waals surface area contributed by atoms with Crippen molar-refractivity contribution in [2.45, 2.75) is 32.3 Å². The summed E-state index contributed by atoms with van der Waals surface area (Å²) in [6.45, 7) is 6.26. The number of rotatable bonds is 4. The van der Waals surface area contributed by atoms with Gasteiger partial charge in [0, 0.05) is 49.2 Å². The van der Waals surface area contributed by atoms with Crippen molar-refractivity contribution < 1.29 is 4.74 Å². The van der Waals surface area contributed by atoms with Crippen molar-refractivity contribution in [1.82, 2.24) is 24.6 Å². The van der Waals surface area contributed by atoms with Crippen LogP contribution in [0.25, 0.3) is 16.7 Å². The quantitative estimate of drug-likeness (QED) is 0.556. The zero-order valence-corrected chi connectivity index (χ0v) is 17.7. The molecule has 0 amide bonds. The van der Waals surface area contributed by atoms with Crippen LogP contribution in [-0.2, 0) is 0 Å². The van der Waals surface area contributed by atoms with Crippen molar-refractivity contribution >= 4 is 10.9 Å². The fraction of sp³-hybridized carbons (Fsp3) is 0.333. The average molecular weight is 402 g/mol. The maximum atomic E-state index is 6.74. The van der Waals surface area contributed by atoms with Crippen LogP contribution in [0.4, 0.5) is 0 Å². The van der Waals surface area contributed by atoms with Crippen LogP contribution in [0.1, 0.15) is 29.0 Å². The predicted molar refractivity (Wildman–Crippen MR) is 118 cm³/mol. The summed E-state index contributed by atoms with van der Waals surface area (Å²) in [6, 6.07) is 10.4. The number of piperidine rings is 1. The maximum Gasteiger partial charge on any atom is 0.153 e. The highest BCUT2D eigenvalue weighted by Gasteiger charge is 2.32. The Balaban J connectivity index is 1.46. The summed E-state index contributed by atoms with van der Waals surface area (Å²) in [7, 11) is 2.18. The van der Waals surface area contributed by atoms with E-state index in [0.29, 0.717) is 0 Å². The molecule has 0 spiro atoms. The Hall–Kier alpha value is -3.12. The van der Waals surface area contributed by atoms with Crippen molar-refractivity contribution in [2.24, 2.45) is 0 Å². The summed E-state index contributed by atoms with van der Waals surface area (Å²) in [5, 5.41) is 5.43. The van der Waals surface area contributed by atoms with Crippen LogP contribution in [0.3, 0.4) is 0 Å². The van der Waals surface area contributed by atoms with Gasteiger partial charge in [-0.3, -0.25) is 0 Å². The number of benzene rings is 1. The van der Waals surface area contributed by atoms with Gasteiger partial charge < -0.3 is 14.6 Å². The van der Waals surface area contributed by atoms with E-state index in [4.69, 9.17) is 4.74 Å². The molecule has 154 valence electrons. The molecule has 0 radical (unpaired) electrons. The summed E-state index contributed by atoms with van der Waals surface area (Å²) in [6.07, 6.45) is 8.74. The van der Waals surface area contributed by atoms with Crippen LogP contribution in [0.5, 0.6) is 5.75 Å². The van der Waals surface area contributed by atoms with Gasteiger partial charge in [-0.25, -0.2) is 9.67 Å². The molecule has 1 aromatic carbocycles. The average Bonchev–Trinajstić information content (AvgIpc) is 3.44. The van der Waals surface area contributed by atoms with E-state index >= 15 is 0 Å². The summed E-state index contributed by atoms with van der Waals surface area (Å²) in [5.74, 6) is 2.09. The van der Waals surface area contributed by atoms with E-state index in [2.05, 4.69) is 59.1 Å². The zero-order valence-electron chi connectivity index (χ0n) is 17.7. The first-order valence-corrected chi connectivity index (χ1v) is 10.5. The lowest BCUT2D eigenvalue weighted by Crippen LogP contribution is -2.42. The standard InChI is InChI=1S/C24H27N5O/c1-16-13-17(2)24(19-7-10-25-23(16)19)30-21-8-12-28(3)15-20(21)18-5-6-22(26-14-18)29-11-4-9-27-29/h4-7,9-11,13-14,20-21,25H,8,12,15H2,1-3H3/t20-,21+/m0/s1. The summed E-state index contributed by atoms with van der Waals surface area (Å²) >= 11 is 0. The molecule has 2 atom stereocenters. The van der Waals surface area contributed by atoms with Gasteiger partial charge in [0.2, 0.25) is 0 Å². The summed E-state index contributed by atoms with van der Waals surface area (Å²) in [4.78, 5) is 10.4. The number of nitrogens with one attached hydrogen (secondary N) is 1. The molecular weight excluding hydrogens is 374 g/mol. The second-order valence-corrected chi connectivity index (χ2v) is 8.32. The van der Waals surface area contributed by atoms with Crippen molar-refractivity contribution in [3.05, 3.63) is 71.8 Å². The molecule has 4 heterocycles. The summed E-state index contributed by atoms with van der Waals surface area (Å²) < 4.78 is 8.52. The third-order valence-electron chi connectivity index (χ3n) is 6.14. The normalized spacial score (nSPS) is 20.0. The number of fused-ring (bicyclic) bond motifs is 1. The molecule has 1 saturated heterocycles. The Bertz CT molecular complexity index is 1150.